The fourth-order valence-electron chi connectivity index (χ4n) is 4.61. The summed E-state index contributed by atoms with van der Waals surface area (Å²) in [6, 6.07) is 34.5. The van der Waals surface area contributed by atoms with Crippen molar-refractivity contribution in [1.82, 2.24) is 5.32 Å². The molecule has 5 aromatic carbocycles. The minimum absolute atomic E-state index is 0.0870. The molecule has 0 saturated carbocycles. The molecule has 0 fully saturated rings. The van der Waals surface area contributed by atoms with Gasteiger partial charge in [0.25, 0.3) is 11.8 Å². The lowest BCUT2D eigenvalue weighted by Gasteiger charge is -2.16. The third kappa shape index (κ3) is 8.34. The molecule has 5 aromatic rings. The van der Waals surface area contributed by atoms with Gasteiger partial charge in [-0.1, -0.05) is 96.9 Å². The quantitative estimate of drug-likeness (QED) is 0.104. The Bertz CT molecular complexity index is 1890. The maximum Gasteiger partial charge on any atom is 0.272 e. The van der Waals surface area contributed by atoms with Gasteiger partial charge < -0.3 is 16.0 Å². The summed E-state index contributed by atoms with van der Waals surface area (Å²) in [5.41, 5.74) is 2.29. The van der Waals surface area contributed by atoms with Gasteiger partial charge in [0.05, 0.1) is 16.0 Å². The largest absolute Gasteiger partial charge is 0.324 e. The van der Waals surface area contributed by atoms with Gasteiger partial charge >= 0.3 is 0 Å². The first-order valence-corrected chi connectivity index (χ1v) is 15.8. The van der Waals surface area contributed by atoms with Crippen LogP contribution < -0.4 is 16.0 Å². The Morgan fingerprint density at radius 2 is 1.53 bits per heavy atom. The number of carbonyl (C=O) groups is 3. The topological polar surface area (TPSA) is 87.3 Å². The van der Waals surface area contributed by atoms with Gasteiger partial charge in [-0.05, 0) is 77.4 Å². The van der Waals surface area contributed by atoms with Crippen molar-refractivity contribution < 1.29 is 14.4 Å². The molecule has 0 bridgehead atoms. The minimum Gasteiger partial charge on any atom is -0.324 e. The standard InChI is InChI=1S/C36H29Cl2N3O3S/c1-2-33(36(44)40-31-19-18-26(37)21-30(31)38)45-28-16-9-15-27(22-28)39-35(43)32(41-34(42)24-11-4-3-5-12-24)20-25-14-8-13-23-10-6-7-17-29(23)25/h3-22,33H,2H2,1H3,(H,39,43)(H,40,44)(H,41,42)/b32-20+. The lowest BCUT2D eigenvalue weighted by atomic mass is 10.0. The summed E-state index contributed by atoms with van der Waals surface area (Å²) in [5.74, 6) is -1.10. The molecule has 0 heterocycles. The summed E-state index contributed by atoms with van der Waals surface area (Å²) < 4.78 is 0. The van der Waals surface area contributed by atoms with Crippen molar-refractivity contribution in [2.24, 2.45) is 0 Å². The van der Waals surface area contributed by atoms with Gasteiger partial charge in [0, 0.05) is 21.2 Å². The molecule has 0 aliphatic heterocycles. The zero-order chi connectivity index (χ0) is 31.8. The Balaban J connectivity index is 1.36. The van der Waals surface area contributed by atoms with Crippen molar-refractivity contribution in [3.63, 3.8) is 0 Å². The lowest BCUT2D eigenvalue weighted by molar-refractivity contribution is -0.116. The van der Waals surface area contributed by atoms with Crippen molar-refractivity contribution in [2.75, 3.05) is 10.6 Å². The number of anilines is 2. The Morgan fingerprint density at radius 1 is 0.800 bits per heavy atom. The predicted octanol–water partition coefficient (Wildman–Crippen LogP) is 9.07. The van der Waals surface area contributed by atoms with Crippen LogP contribution in [0.5, 0.6) is 0 Å². The third-order valence-corrected chi connectivity index (χ3v) is 8.78. The maximum absolute atomic E-state index is 13.7. The van der Waals surface area contributed by atoms with E-state index in [2.05, 4.69) is 16.0 Å². The Labute approximate surface area is 275 Å². The first-order valence-electron chi connectivity index (χ1n) is 14.2. The van der Waals surface area contributed by atoms with Crippen LogP contribution in [0.3, 0.4) is 0 Å². The summed E-state index contributed by atoms with van der Waals surface area (Å²) >= 11 is 13.6. The second kappa shape index (κ2) is 14.9. The summed E-state index contributed by atoms with van der Waals surface area (Å²) in [4.78, 5) is 40.7. The predicted molar refractivity (Wildman–Crippen MR) is 186 cm³/mol. The number of fused-ring (bicyclic) bond motifs is 1. The second-order valence-corrected chi connectivity index (χ2v) is 12.2. The third-order valence-electron chi connectivity index (χ3n) is 6.87. The van der Waals surface area contributed by atoms with E-state index in [9.17, 15) is 14.4 Å². The summed E-state index contributed by atoms with van der Waals surface area (Å²) in [6.45, 7) is 1.92. The van der Waals surface area contributed by atoms with Gasteiger partial charge in [-0.3, -0.25) is 14.4 Å². The average Bonchev–Trinajstić information content (AvgIpc) is 3.05. The molecule has 1 atom stereocenters. The number of carbonyl (C=O) groups excluding carboxylic acids is 3. The second-order valence-electron chi connectivity index (χ2n) is 10.1. The van der Waals surface area contributed by atoms with Crippen molar-refractivity contribution in [2.45, 2.75) is 23.5 Å². The van der Waals surface area contributed by atoms with Gasteiger partial charge in [0.1, 0.15) is 5.70 Å². The van der Waals surface area contributed by atoms with Crippen LogP contribution in [-0.2, 0) is 9.59 Å². The molecule has 0 aromatic heterocycles. The van der Waals surface area contributed by atoms with E-state index in [0.717, 1.165) is 21.2 Å². The van der Waals surface area contributed by atoms with Gasteiger partial charge in [-0.15, -0.1) is 11.8 Å². The highest BCUT2D eigenvalue weighted by Gasteiger charge is 2.20. The van der Waals surface area contributed by atoms with Gasteiger partial charge in [-0.25, -0.2) is 0 Å². The minimum atomic E-state index is -0.489. The van der Waals surface area contributed by atoms with Gasteiger partial charge in [-0.2, -0.15) is 0 Å². The van der Waals surface area contributed by atoms with Crippen LogP contribution in [0.4, 0.5) is 11.4 Å². The first-order chi connectivity index (χ1) is 21.8. The van der Waals surface area contributed by atoms with E-state index in [1.54, 1.807) is 66.7 Å². The zero-order valence-electron chi connectivity index (χ0n) is 24.2. The molecule has 0 spiro atoms. The lowest BCUT2D eigenvalue weighted by Crippen LogP contribution is -2.30. The molecule has 3 amide bonds. The van der Waals surface area contributed by atoms with E-state index in [4.69, 9.17) is 23.2 Å². The average molecular weight is 655 g/mol. The number of nitrogens with one attached hydrogen (secondary N) is 3. The monoisotopic (exact) mass is 653 g/mol. The fraction of sp³-hybridized carbons (Fsp3) is 0.0833. The number of rotatable bonds is 10. The van der Waals surface area contributed by atoms with Gasteiger partial charge in [0.15, 0.2) is 0 Å². The number of halogens is 2. The van der Waals surface area contributed by atoms with E-state index in [0.29, 0.717) is 33.4 Å². The normalized spacial score (nSPS) is 11.9. The van der Waals surface area contributed by atoms with E-state index >= 15 is 0 Å². The Kier molecular flexibility index (Phi) is 10.6. The van der Waals surface area contributed by atoms with E-state index in [1.807, 2.05) is 61.5 Å². The Hall–Kier alpha value is -4.56. The number of hydrogen-bond acceptors (Lipinski definition) is 4. The molecule has 0 aliphatic rings. The SMILES string of the molecule is CCC(Sc1cccc(NC(=O)/C(=C\c2cccc3ccccc23)NC(=O)c2ccccc2)c1)C(=O)Nc1ccc(Cl)cc1Cl. The number of thioether (sulfide) groups is 1. The summed E-state index contributed by atoms with van der Waals surface area (Å²) in [6.07, 6.45) is 2.23. The van der Waals surface area contributed by atoms with E-state index in [1.165, 1.54) is 11.8 Å². The molecule has 0 radical (unpaired) electrons. The van der Waals surface area contributed by atoms with Crippen LogP contribution in [0.2, 0.25) is 10.0 Å². The van der Waals surface area contributed by atoms with Gasteiger partial charge in [0.2, 0.25) is 5.91 Å². The Morgan fingerprint density at radius 3 is 2.31 bits per heavy atom. The molecule has 6 nitrogen and oxygen atoms in total. The van der Waals surface area contributed by atoms with Crippen LogP contribution in [0, 0.1) is 0 Å². The number of benzene rings is 5. The highest BCUT2D eigenvalue weighted by atomic mass is 35.5. The van der Waals surface area contributed by atoms with Crippen molar-refractivity contribution in [1.29, 1.82) is 0 Å². The van der Waals surface area contributed by atoms with Crippen molar-refractivity contribution in [3.8, 4) is 0 Å². The highest BCUT2D eigenvalue weighted by molar-refractivity contribution is 8.00. The molecule has 3 N–H and O–H groups in total. The molecule has 0 aliphatic carbocycles. The first kappa shape index (κ1) is 31.9. The van der Waals surface area contributed by atoms with Crippen LogP contribution >= 0.6 is 35.0 Å². The van der Waals surface area contributed by atoms with Crippen molar-refractivity contribution >= 4 is 80.9 Å². The van der Waals surface area contributed by atoms with Crippen LogP contribution in [-0.4, -0.2) is 23.0 Å². The molecular weight excluding hydrogens is 625 g/mol. The van der Waals surface area contributed by atoms with Crippen LogP contribution in [0.1, 0.15) is 29.3 Å². The van der Waals surface area contributed by atoms with Crippen LogP contribution in [0.25, 0.3) is 16.8 Å². The molecule has 5 rings (SSSR count). The molecule has 9 heteroatoms. The summed E-state index contributed by atoms with van der Waals surface area (Å²) in [7, 11) is 0. The van der Waals surface area contributed by atoms with E-state index in [-0.39, 0.29) is 11.6 Å². The smallest absolute Gasteiger partial charge is 0.272 e. The highest BCUT2D eigenvalue weighted by Crippen LogP contribution is 2.31. The zero-order valence-corrected chi connectivity index (χ0v) is 26.5. The maximum atomic E-state index is 13.7. The summed E-state index contributed by atoms with van der Waals surface area (Å²) in [5, 5.41) is 11.0. The molecule has 0 saturated heterocycles. The van der Waals surface area contributed by atoms with Crippen LogP contribution in [0.15, 0.2) is 126 Å². The van der Waals surface area contributed by atoms with E-state index < -0.39 is 17.1 Å². The molecule has 45 heavy (non-hydrogen) atoms. The molecule has 1 unspecified atom stereocenters. The fourth-order valence-corrected chi connectivity index (χ4v) is 6.08. The number of hydrogen-bond donors (Lipinski definition) is 3. The van der Waals surface area contributed by atoms with Crippen molar-refractivity contribution in [3.05, 3.63) is 142 Å². The molecule has 226 valence electrons. The molecular formula is C36H29Cl2N3O3S. The number of amides is 3.